The number of hydrogen-bond donors (Lipinski definition) is 1. The molecule has 5 rings (SSSR count). The summed E-state index contributed by atoms with van der Waals surface area (Å²) < 4.78 is 39.0. The molecule has 1 aliphatic rings. The van der Waals surface area contributed by atoms with Crippen molar-refractivity contribution in [1.82, 2.24) is 15.5 Å². The second-order valence-corrected chi connectivity index (χ2v) is 8.27. The summed E-state index contributed by atoms with van der Waals surface area (Å²) in [5.41, 5.74) is 3.28. The Bertz CT molecular complexity index is 1440. The van der Waals surface area contributed by atoms with Crippen LogP contribution < -0.4 is 15.0 Å². The summed E-state index contributed by atoms with van der Waals surface area (Å²) in [5.74, 6) is -0.384. The maximum Gasteiger partial charge on any atom is 0.258 e. The number of benzene rings is 3. The van der Waals surface area contributed by atoms with Crippen LogP contribution in [0, 0.1) is 11.6 Å². The van der Waals surface area contributed by atoms with Gasteiger partial charge in [-0.15, -0.1) is 0 Å². The SMILES string of the molecule is COc1ccc(-c2noc(C3=C(C)N(c4ccccc4)C(=S)NC3c3cccc(F)c3)n2)cc1F. The molecule has 4 aromatic rings. The molecule has 1 atom stereocenters. The van der Waals surface area contributed by atoms with Crippen LogP contribution in [0.25, 0.3) is 17.0 Å². The number of para-hydroxylation sites is 1. The predicted molar refractivity (Wildman–Crippen MR) is 133 cm³/mol. The van der Waals surface area contributed by atoms with E-state index in [1.165, 1.54) is 31.4 Å². The molecule has 1 aromatic heterocycles. The van der Waals surface area contributed by atoms with Crippen LogP contribution in [0.1, 0.15) is 24.4 Å². The van der Waals surface area contributed by atoms with Gasteiger partial charge in [-0.3, -0.25) is 4.90 Å². The van der Waals surface area contributed by atoms with Gasteiger partial charge in [-0.2, -0.15) is 4.98 Å². The van der Waals surface area contributed by atoms with Crippen LogP contribution in [0.15, 0.2) is 83.0 Å². The van der Waals surface area contributed by atoms with E-state index in [4.69, 9.17) is 21.5 Å². The van der Waals surface area contributed by atoms with E-state index in [1.54, 1.807) is 18.2 Å². The van der Waals surface area contributed by atoms with Gasteiger partial charge in [0.2, 0.25) is 5.82 Å². The standard InChI is InChI=1S/C26H20F2N4O2S/c1-15-22(25-30-24(31-34-25)17-11-12-21(33-2)20(28)14-17)23(16-7-6-8-18(27)13-16)29-26(35)32(15)19-9-4-3-5-10-19/h3-14,23H,1-2H3,(H,29,35). The molecule has 0 radical (unpaired) electrons. The van der Waals surface area contributed by atoms with Crippen molar-refractivity contribution in [3.05, 3.63) is 102 Å². The molecule has 35 heavy (non-hydrogen) atoms. The van der Waals surface area contributed by atoms with Crippen molar-refractivity contribution in [1.29, 1.82) is 0 Å². The third-order valence-electron chi connectivity index (χ3n) is 5.75. The van der Waals surface area contributed by atoms with E-state index in [2.05, 4.69) is 15.5 Å². The highest BCUT2D eigenvalue weighted by Gasteiger charge is 2.35. The molecular weight excluding hydrogens is 470 g/mol. The number of hydrogen-bond acceptors (Lipinski definition) is 5. The Hall–Kier alpha value is -4.11. The summed E-state index contributed by atoms with van der Waals surface area (Å²) in [4.78, 5) is 6.41. The topological polar surface area (TPSA) is 63.4 Å². The van der Waals surface area contributed by atoms with Crippen LogP contribution in [-0.4, -0.2) is 22.4 Å². The van der Waals surface area contributed by atoms with E-state index < -0.39 is 11.9 Å². The molecule has 1 aliphatic heterocycles. The smallest absolute Gasteiger partial charge is 0.258 e. The van der Waals surface area contributed by atoms with E-state index in [9.17, 15) is 8.78 Å². The van der Waals surface area contributed by atoms with Crippen LogP contribution in [-0.2, 0) is 0 Å². The van der Waals surface area contributed by atoms with Gasteiger partial charge in [-0.05, 0) is 67.2 Å². The minimum absolute atomic E-state index is 0.116. The van der Waals surface area contributed by atoms with Crippen molar-refractivity contribution in [2.24, 2.45) is 0 Å². The van der Waals surface area contributed by atoms with Crippen molar-refractivity contribution in [2.75, 3.05) is 12.0 Å². The van der Waals surface area contributed by atoms with E-state index in [0.29, 0.717) is 21.8 Å². The summed E-state index contributed by atoms with van der Waals surface area (Å²) >= 11 is 5.69. The largest absolute Gasteiger partial charge is 0.494 e. The van der Waals surface area contributed by atoms with Gasteiger partial charge in [-0.1, -0.05) is 35.5 Å². The second-order valence-electron chi connectivity index (χ2n) is 7.88. The van der Waals surface area contributed by atoms with Gasteiger partial charge in [0.15, 0.2) is 16.7 Å². The summed E-state index contributed by atoms with van der Waals surface area (Å²) in [6.07, 6.45) is 0. The van der Waals surface area contributed by atoms with E-state index in [0.717, 1.165) is 11.4 Å². The number of nitrogens with one attached hydrogen (secondary N) is 1. The highest BCUT2D eigenvalue weighted by molar-refractivity contribution is 7.80. The maximum absolute atomic E-state index is 14.3. The zero-order chi connectivity index (χ0) is 24.5. The van der Waals surface area contributed by atoms with Crippen LogP contribution >= 0.6 is 12.2 Å². The molecule has 2 heterocycles. The number of methoxy groups -OCH3 is 1. The highest BCUT2D eigenvalue weighted by atomic mass is 32.1. The number of ether oxygens (including phenoxy) is 1. The molecule has 1 unspecified atom stereocenters. The summed E-state index contributed by atoms with van der Waals surface area (Å²) in [6.45, 7) is 1.89. The van der Waals surface area contributed by atoms with Crippen molar-refractivity contribution in [2.45, 2.75) is 13.0 Å². The molecule has 0 saturated carbocycles. The summed E-state index contributed by atoms with van der Waals surface area (Å²) in [7, 11) is 1.39. The lowest BCUT2D eigenvalue weighted by Gasteiger charge is -2.37. The van der Waals surface area contributed by atoms with Crippen LogP contribution in [0.2, 0.25) is 0 Å². The molecule has 1 N–H and O–H groups in total. The van der Waals surface area contributed by atoms with Crippen molar-refractivity contribution in [3.63, 3.8) is 0 Å². The zero-order valence-corrected chi connectivity index (χ0v) is 19.6. The second kappa shape index (κ2) is 9.27. The van der Waals surface area contributed by atoms with Gasteiger partial charge in [0.05, 0.1) is 18.7 Å². The van der Waals surface area contributed by atoms with Gasteiger partial charge in [0.1, 0.15) is 5.82 Å². The van der Waals surface area contributed by atoms with Crippen LogP contribution in [0.4, 0.5) is 14.5 Å². The number of allylic oxidation sites excluding steroid dienone is 1. The molecule has 9 heteroatoms. The molecule has 0 saturated heterocycles. The number of anilines is 1. The van der Waals surface area contributed by atoms with Gasteiger partial charge in [-0.25, -0.2) is 8.78 Å². The first kappa shape index (κ1) is 22.7. The number of thiocarbonyl (C=S) groups is 1. The first-order valence-corrected chi connectivity index (χ1v) is 11.2. The molecule has 0 amide bonds. The zero-order valence-electron chi connectivity index (χ0n) is 18.8. The fourth-order valence-electron chi connectivity index (χ4n) is 4.10. The fourth-order valence-corrected chi connectivity index (χ4v) is 4.46. The summed E-state index contributed by atoms with van der Waals surface area (Å²) in [5, 5.41) is 7.81. The third kappa shape index (κ3) is 4.26. The third-order valence-corrected chi connectivity index (χ3v) is 6.05. The van der Waals surface area contributed by atoms with E-state index in [1.807, 2.05) is 42.2 Å². The van der Waals surface area contributed by atoms with Crippen LogP contribution in [0.3, 0.4) is 0 Å². The minimum Gasteiger partial charge on any atom is -0.494 e. The molecule has 6 nitrogen and oxygen atoms in total. The number of nitrogens with zero attached hydrogens (tertiary/aromatic N) is 3. The Morgan fingerprint density at radius 2 is 1.83 bits per heavy atom. The molecule has 176 valence electrons. The molecule has 3 aromatic carbocycles. The van der Waals surface area contributed by atoms with Crippen molar-refractivity contribution < 1.29 is 18.0 Å². The lowest BCUT2D eigenvalue weighted by Crippen LogP contribution is -2.46. The first-order chi connectivity index (χ1) is 17.0. The highest BCUT2D eigenvalue weighted by Crippen LogP contribution is 2.39. The van der Waals surface area contributed by atoms with Gasteiger partial charge in [0.25, 0.3) is 5.89 Å². The summed E-state index contributed by atoms with van der Waals surface area (Å²) in [6, 6.07) is 19.7. The first-order valence-electron chi connectivity index (χ1n) is 10.8. The lowest BCUT2D eigenvalue weighted by atomic mass is 9.94. The maximum atomic E-state index is 14.3. The average Bonchev–Trinajstić information content (AvgIpc) is 3.34. The molecule has 0 spiro atoms. The Morgan fingerprint density at radius 3 is 2.54 bits per heavy atom. The average molecular weight is 491 g/mol. The van der Waals surface area contributed by atoms with Crippen molar-refractivity contribution >= 4 is 28.6 Å². The predicted octanol–water partition coefficient (Wildman–Crippen LogP) is 5.89. The minimum atomic E-state index is -0.543. The van der Waals surface area contributed by atoms with Gasteiger partial charge >= 0.3 is 0 Å². The quantitative estimate of drug-likeness (QED) is 0.350. The van der Waals surface area contributed by atoms with Gasteiger partial charge in [0, 0.05) is 16.9 Å². The lowest BCUT2D eigenvalue weighted by molar-refractivity contribution is 0.386. The Morgan fingerprint density at radius 1 is 1.03 bits per heavy atom. The van der Waals surface area contributed by atoms with Crippen LogP contribution in [0.5, 0.6) is 5.75 Å². The molecule has 0 bridgehead atoms. The monoisotopic (exact) mass is 490 g/mol. The van der Waals surface area contributed by atoms with Crippen molar-refractivity contribution in [3.8, 4) is 17.1 Å². The molecular formula is C26H20F2N4O2S. The molecule has 0 aliphatic carbocycles. The fraction of sp³-hybridized carbons (Fsp3) is 0.115. The molecule has 0 fully saturated rings. The number of halogens is 2. The van der Waals surface area contributed by atoms with E-state index >= 15 is 0 Å². The Kier molecular flexibility index (Phi) is 6.00. The Labute approximate surface area is 205 Å². The Balaban J connectivity index is 1.64. The number of aromatic nitrogens is 2. The van der Waals surface area contributed by atoms with Gasteiger partial charge < -0.3 is 14.6 Å². The normalized spacial score (nSPS) is 15.8. The van der Waals surface area contributed by atoms with E-state index in [-0.39, 0.29) is 23.3 Å². The number of rotatable bonds is 5.